The Kier molecular flexibility index (Phi) is 5.35. The molecule has 3 aromatic rings. The number of aryl methyl sites for hydroxylation is 1. The van der Waals surface area contributed by atoms with E-state index in [1.807, 2.05) is 44.2 Å². The third-order valence-electron chi connectivity index (χ3n) is 4.16. The first kappa shape index (κ1) is 18.4. The van der Waals surface area contributed by atoms with E-state index in [0.29, 0.717) is 12.4 Å². The number of fused-ring (bicyclic) bond motifs is 1. The summed E-state index contributed by atoms with van der Waals surface area (Å²) in [5, 5.41) is 10.2. The van der Waals surface area contributed by atoms with E-state index in [2.05, 4.69) is 33.1 Å². The molecule has 0 spiro atoms. The zero-order valence-corrected chi connectivity index (χ0v) is 15.6. The van der Waals surface area contributed by atoms with Crippen molar-refractivity contribution >= 4 is 34.2 Å². The van der Waals surface area contributed by atoms with Crippen LogP contribution in [0.3, 0.4) is 0 Å². The number of hydrogen-bond donors (Lipinski definition) is 3. The number of hydrogen-bond acceptors (Lipinski definition) is 3. The van der Waals surface area contributed by atoms with Crippen LogP contribution in [0.5, 0.6) is 0 Å². The fourth-order valence-electron chi connectivity index (χ4n) is 2.95. The van der Waals surface area contributed by atoms with Gasteiger partial charge in [0.25, 0.3) is 0 Å². The predicted molar refractivity (Wildman–Crippen MR) is 109 cm³/mol. The number of nitrogens with zero attached hydrogens (tertiary/aromatic N) is 1. The SMILES string of the molecule is CCNC(=O)Nc1cc2cc(-c3ccc(NC(C)=O)cc3)cc(C)c2cn1. The highest BCUT2D eigenvalue weighted by atomic mass is 16.2. The first-order chi connectivity index (χ1) is 13.0. The van der Waals surface area contributed by atoms with Crippen LogP contribution in [-0.4, -0.2) is 23.5 Å². The second kappa shape index (κ2) is 7.86. The van der Waals surface area contributed by atoms with Gasteiger partial charge < -0.3 is 10.6 Å². The van der Waals surface area contributed by atoms with Gasteiger partial charge in [-0.15, -0.1) is 0 Å². The summed E-state index contributed by atoms with van der Waals surface area (Å²) in [6, 6.07) is 13.5. The molecule has 0 unspecified atom stereocenters. The Morgan fingerprint density at radius 2 is 1.74 bits per heavy atom. The quantitative estimate of drug-likeness (QED) is 0.647. The van der Waals surface area contributed by atoms with E-state index in [0.717, 1.165) is 33.2 Å². The molecule has 0 atom stereocenters. The van der Waals surface area contributed by atoms with Crippen molar-refractivity contribution in [3.63, 3.8) is 0 Å². The maximum Gasteiger partial charge on any atom is 0.320 e. The van der Waals surface area contributed by atoms with Crippen molar-refractivity contribution < 1.29 is 9.59 Å². The molecule has 0 aliphatic rings. The lowest BCUT2D eigenvalue weighted by Crippen LogP contribution is -2.28. The van der Waals surface area contributed by atoms with Crippen LogP contribution in [0.25, 0.3) is 21.9 Å². The summed E-state index contributed by atoms with van der Waals surface area (Å²) in [7, 11) is 0. The van der Waals surface area contributed by atoms with Crippen molar-refractivity contribution in [1.29, 1.82) is 0 Å². The molecule has 6 heteroatoms. The fraction of sp³-hybridized carbons (Fsp3) is 0.190. The molecule has 0 bridgehead atoms. The van der Waals surface area contributed by atoms with Crippen molar-refractivity contribution in [2.75, 3.05) is 17.2 Å². The zero-order chi connectivity index (χ0) is 19.4. The Morgan fingerprint density at radius 3 is 2.41 bits per heavy atom. The van der Waals surface area contributed by atoms with E-state index in [9.17, 15) is 9.59 Å². The van der Waals surface area contributed by atoms with Crippen molar-refractivity contribution in [3.05, 3.63) is 54.2 Å². The summed E-state index contributed by atoms with van der Waals surface area (Å²) in [5.41, 5.74) is 3.97. The number of pyridine rings is 1. The van der Waals surface area contributed by atoms with Gasteiger partial charge in [-0.3, -0.25) is 10.1 Å². The van der Waals surface area contributed by atoms with Crippen LogP contribution in [0.2, 0.25) is 0 Å². The standard InChI is InChI=1S/C21H22N4O2/c1-4-22-21(27)25-20-11-17-10-16(9-13(2)19(17)12-23-20)15-5-7-18(8-6-15)24-14(3)26/h5-12H,4H2,1-3H3,(H,24,26)(H2,22,23,25,27). The Balaban J connectivity index is 1.94. The normalized spacial score (nSPS) is 10.5. The van der Waals surface area contributed by atoms with Gasteiger partial charge in [0.2, 0.25) is 5.91 Å². The molecule has 0 aliphatic carbocycles. The molecular formula is C21H22N4O2. The van der Waals surface area contributed by atoms with Crippen molar-refractivity contribution in [3.8, 4) is 11.1 Å². The minimum Gasteiger partial charge on any atom is -0.338 e. The van der Waals surface area contributed by atoms with E-state index < -0.39 is 0 Å². The molecular weight excluding hydrogens is 340 g/mol. The molecule has 3 rings (SSSR count). The maximum absolute atomic E-state index is 11.7. The first-order valence-electron chi connectivity index (χ1n) is 8.79. The summed E-state index contributed by atoms with van der Waals surface area (Å²) < 4.78 is 0. The number of rotatable bonds is 4. The smallest absolute Gasteiger partial charge is 0.320 e. The Morgan fingerprint density at radius 1 is 1.00 bits per heavy atom. The molecule has 27 heavy (non-hydrogen) atoms. The van der Waals surface area contributed by atoms with Crippen LogP contribution >= 0.6 is 0 Å². The Labute approximate surface area is 158 Å². The van der Waals surface area contributed by atoms with Crippen LogP contribution in [-0.2, 0) is 4.79 Å². The molecule has 0 aliphatic heterocycles. The second-order valence-corrected chi connectivity index (χ2v) is 6.33. The van der Waals surface area contributed by atoms with E-state index in [1.54, 1.807) is 6.20 Å². The number of nitrogens with one attached hydrogen (secondary N) is 3. The van der Waals surface area contributed by atoms with Gasteiger partial charge in [-0.25, -0.2) is 9.78 Å². The highest BCUT2D eigenvalue weighted by Gasteiger charge is 2.07. The molecule has 2 aromatic carbocycles. The number of amides is 3. The largest absolute Gasteiger partial charge is 0.338 e. The van der Waals surface area contributed by atoms with E-state index in [-0.39, 0.29) is 11.9 Å². The van der Waals surface area contributed by atoms with Gasteiger partial charge in [0.05, 0.1) is 0 Å². The van der Waals surface area contributed by atoms with Gasteiger partial charge >= 0.3 is 6.03 Å². The number of urea groups is 1. The minimum atomic E-state index is -0.272. The number of anilines is 2. The first-order valence-corrected chi connectivity index (χ1v) is 8.79. The Bertz CT molecular complexity index is 997. The van der Waals surface area contributed by atoms with Crippen LogP contribution < -0.4 is 16.0 Å². The van der Waals surface area contributed by atoms with Crippen LogP contribution in [0.4, 0.5) is 16.3 Å². The van der Waals surface area contributed by atoms with Gasteiger partial charge in [-0.1, -0.05) is 18.2 Å². The summed E-state index contributed by atoms with van der Waals surface area (Å²) in [6.07, 6.45) is 1.77. The molecule has 3 amide bonds. The van der Waals surface area contributed by atoms with Crippen LogP contribution in [0.15, 0.2) is 48.7 Å². The lowest BCUT2D eigenvalue weighted by atomic mass is 9.98. The molecule has 1 aromatic heterocycles. The predicted octanol–water partition coefficient (Wildman–Crippen LogP) is 4.31. The molecule has 0 radical (unpaired) electrons. The van der Waals surface area contributed by atoms with Crippen LogP contribution in [0, 0.1) is 6.92 Å². The lowest BCUT2D eigenvalue weighted by Gasteiger charge is -2.11. The van der Waals surface area contributed by atoms with Crippen molar-refractivity contribution in [2.45, 2.75) is 20.8 Å². The highest BCUT2D eigenvalue weighted by Crippen LogP contribution is 2.29. The molecule has 6 nitrogen and oxygen atoms in total. The topological polar surface area (TPSA) is 83.1 Å². The number of carbonyl (C=O) groups is 2. The highest BCUT2D eigenvalue weighted by molar-refractivity contribution is 5.95. The second-order valence-electron chi connectivity index (χ2n) is 6.33. The van der Waals surface area contributed by atoms with E-state index in [4.69, 9.17) is 0 Å². The van der Waals surface area contributed by atoms with Crippen molar-refractivity contribution in [2.24, 2.45) is 0 Å². The average molecular weight is 362 g/mol. The summed E-state index contributed by atoms with van der Waals surface area (Å²) in [6.45, 7) is 5.94. The van der Waals surface area contributed by atoms with Gasteiger partial charge in [0, 0.05) is 30.7 Å². The Hall–Kier alpha value is -3.41. The summed E-state index contributed by atoms with van der Waals surface area (Å²) >= 11 is 0. The van der Waals surface area contributed by atoms with Gasteiger partial charge in [0.1, 0.15) is 5.82 Å². The molecule has 1 heterocycles. The zero-order valence-electron chi connectivity index (χ0n) is 15.6. The van der Waals surface area contributed by atoms with Crippen molar-refractivity contribution in [1.82, 2.24) is 10.3 Å². The number of benzene rings is 2. The fourth-order valence-corrected chi connectivity index (χ4v) is 2.95. The molecule has 138 valence electrons. The summed E-state index contributed by atoms with van der Waals surface area (Å²) in [4.78, 5) is 27.2. The van der Waals surface area contributed by atoms with Gasteiger partial charge in [-0.05, 0) is 60.2 Å². The van der Waals surface area contributed by atoms with Crippen LogP contribution in [0.1, 0.15) is 19.4 Å². The average Bonchev–Trinajstić information content (AvgIpc) is 2.61. The monoisotopic (exact) mass is 362 g/mol. The third kappa shape index (κ3) is 4.41. The molecule has 0 saturated heterocycles. The number of carbonyl (C=O) groups excluding carboxylic acids is 2. The summed E-state index contributed by atoms with van der Waals surface area (Å²) in [5.74, 6) is 0.412. The van der Waals surface area contributed by atoms with E-state index >= 15 is 0 Å². The molecule has 0 fully saturated rings. The molecule has 0 saturated carbocycles. The molecule has 3 N–H and O–H groups in total. The number of aromatic nitrogens is 1. The van der Waals surface area contributed by atoms with E-state index in [1.165, 1.54) is 6.92 Å². The van der Waals surface area contributed by atoms with Gasteiger partial charge in [-0.2, -0.15) is 0 Å². The lowest BCUT2D eigenvalue weighted by molar-refractivity contribution is -0.114. The minimum absolute atomic E-state index is 0.0936. The van der Waals surface area contributed by atoms with Gasteiger partial charge in [0.15, 0.2) is 0 Å². The maximum atomic E-state index is 11.7. The third-order valence-corrected chi connectivity index (χ3v) is 4.16.